The van der Waals surface area contributed by atoms with Crippen LogP contribution in [-0.2, 0) is 16.4 Å². The van der Waals surface area contributed by atoms with Crippen molar-refractivity contribution in [1.29, 1.82) is 0 Å². The van der Waals surface area contributed by atoms with Crippen molar-refractivity contribution in [3.63, 3.8) is 0 Å². The van der Waals surface area contributed by atoms with Gasteiger partial charge in [-0.15, -0.1) is 0 Å². The lowest BCUT2D eigenvalue weighted by Crippen LogP contribution is -2.47. The Balaban J connectivity index is 1.71. The van der Waals surface area contributed by atoms with Gasteiger partial charge in [-0.25, -0.2) is 13.1 Å². The minimum atomic E-state index is -3.28. The molecule has 0 aromatic heterocycles. The fourth-order valence-electron chi connectivity index (χ4n) is 3.60. The number of nitrogens with one attached hydrogen (secondary N) is 2. The summed E-state index contributed by atoms with van der Waals surface area (Å²) in [4.78, 5) is 0. The topological polar surface area (TPSA) is 67.4 Å². The Morgan fingerprint density at radius 3 is 2.48 bits per heavy atom. The summed E-state index contributed by atoms with van der Waals surface area (Å²) in [5, 5.41) is 4.25. The Morgan fingerprint density at radius 2 is 1.86 bits per heavy atom. The number of rotatable bonds is 11. The highest BCUT2D eigenvalue weighted by atomic mass is 35.5. The van der Waals surface area contributed by atoms with Crippen molar-refractivity contribution < 1.29 is 13.2 Å². The van der Waals surface area contributed by atoms with Gasteiger partial charge < -0.3 is 10.1 Å². The predicted octanol–water partition coefficient (Wildman–Crippen LogP) is 4.54. The van der Waals surface area contributed by atoms with Crippen LogP contribution < -0.4 is 14.8 Å². The molecule has 0 unspecified atom stereocenters. The fraction of sp³-hybridized carbons (Fsp3) is 0.727. The van der Waals surface area contributed by atoms with Crippen molar-refractivity contribution in [3.8, 4) is 5.75 Å². The lowest BCUT2D eigenvalue weighted by atomic mass is 9.86. The first kappa shape index (κ1) is 24.4. The van der Waals surface area contributed by atoms with Crippen molar-refractivity contribution >= 4 is 21.6 Å². The summed E-state index contributed by atoms with van der Waals surface area (Å²) in [6, 6.07) is 6.00. The zero-order valence-electron chi connectivity index (χ0n) is 18.3. The molecule has 0 aliphatic heterocycles. The third kappa shape index (κ3) is 6.84. The van der Waals surface area contributed by atoms with Crippen LogP contribution in [0, 0.1) is 5.92 Å². The van der Waals surface area contributed by atoms with Crippen molar-refractivity contribution in [3.05, 3.63) is 28.8 Å². The van der Waals surface area contributed by atoms with Gasteiger partial charge in [-0.05, 0) is 89.9 Å². The van der Waals surface area contributed by atoms with E-state index in [4.69, 9.17) is 16.3 Å². The van der Waals surface area contributed by atoms with Gasteiger partial charge in [0.05, 0.1) is 16.4 Å². The van der Waals surface area contributed by atoms with Gasteiger partial charge in [0.25, 0.3) is 0 Å². The van der Waals surface area contributed by atoms with Crippen LogP contribution in [0.15, 0.2) is 18.2 Å². The first-order valence-corrected chi connectivity index (χ1v) is 12.7. The Hall–Kier alpha value is -0.820. The highest BCUT2D eigenvalue weighted by Crippen LogP contribution is 2.29. The number of sulfonamides is 1. The number of hydrogen-bond donors (Lipinski definition) is 2. The number of ether oxygens (including phenoxy) is 1. The molecule has 0 amide bonds. The van der Waals surface area contributed by atoms with Crippen LogP contribution in [0.3, 0.4) is 0 Å². The summed E-state index contributed by atoms with van der Waals surface area (Å²) in [7, 11) is -3.28. The monoisotopic (exact) mass is 444 g/mol. The largest absolute Gasteiger partial charge is 0.492 e. The lowest BCUT2D eigenvalue weighted by molar-refractivity contribution is 0.302. The Kier molecular flexibility index (Phi) is 9.26. The molecule has 2 N–H and O–H groups in total. The third-order valence-electron chi connectivity index (χ3n) is 6.09. The fourth-order valence-corrected chi connectivity index (χ4v) is 5.25. The van der Waals surface area contributed by atoms with E-state index >= 15 is 0 Å². The number of benzene rings is 1. The van der Waals surface area contributed by atoms with Crippen LogP contribution in [-0.4, -0.2) is 38.9 Å². The van der Waals surface area contributed by atoms with Crippen LogP contribution >= 0.6 is 11.6 Å². The van der Waals surface area contributed by atoms with Gasteiger partial charge in [-0.2, -0.15) is 0 Å². The molecule has 0 bridgehead atoms. The second kappa shape index (κ2) is 11.0. The molecule has 0 heterocycles. The molecule has 1 aliphatic carbocycles. The minimum absolute atomic E-state index is 0.0715. The normalized spacial score (nSPS) is 20.6. The van der Waals surface area contributed by atoms with E-state index in [2.05, 4.69) is 10.0 Å². The maximum Gasteiger partial charge on any atom is 0.217 e. The van der Waals surface area contributed by atoms with Crippen LogP contribution in [0.4, 0.5) is 0 Å². The van der Waals surface area contributed by atoms with E-state index in [1.54, 1.807) is 13.8 Å². The van der Waals surface area contributed by atoms with Crippen LogP contribution in [0.5, 0.6) is 5.75 Å². The minimum Gasteiger partial charge on any atom is -0.492 e. The third-order valence-corrected chi connectivity index (χ3v) is 8.91. The van der Waals surface area contributed by atoms with Gasteiger partial charge in [-0.1, -0.05) is 30.7 Å². The summed E-state index contributed by atoms with van der Waals surface area (Å²) >= 11 is 6.42. The van der Waals surface area contributed by atoms with Gasteiger partial charge in [0, 0.05) is 6.04 Å². The molecular weight excluding hydrogens is 408 g/mol. The van der Waals surface area contributed by atoms with E-state index in [-0.39, 0.29) is 6.04 Å². The van der Waals surface area contributed by atoms with E-state index in [0.29, 0.717) is 24.0 Å². The molecule has 1 fully saturated rings. The average Bonchev–Trinajstić information content (AvgIpc) is 2.69. The molecule has 166 valence electrons. The first-order chi connectivity index (χ1) is 13.7. The van der Waals surface area contributed by atoms with Crippen molar-refractivity contribution in [2.24, 2.45) is 5.92 Å². The molecule has 2 rings (SSSR count). The van der Waals surface area contributed by atoms with Crippen LogP contribution in [0.1, 0.15) is 65.4 Å². The molecule has 1 aromatic rings. The summed E-state index contributed by atoms with van der Waals surface area (Å²) in [5.41, 5.74) is 1.10. The van der Waals surface area contributed by atoms with Crippen LogP contribution in [0.25, 0.3) is 0 Å². The maximum absolute atomic E-state index is 12.5. The molecule has 0 atom stereocenters. The molecule has 5 nitrogen and oxygen atoms in total. The van der Waals surface area contributed by atoms with Gasteiger partial charge in [-0.3, -0.25) is 0 Å². The maximum atomic E-state index is 12.5. The van der Waals surface area contributed by atoms with Crippen LogP contribution in [0.2, 0.25) is 5.02 Å². The second-order valence-electron chi connectivity index (χ2n) is 8.57. The Bertz CT molecular complexity index is 744. The Labute approximate surface area is 182 Å². The number of hydrogen-bond acceptors (Lipinski definition) is 4. The van der Waals surface area contributed by atoms with Crippen molar-refractivity contribution in [2.75, 3.05) is 19.7 Å². The molecule has 1 aliphatic rings. The standard InChI is InChI=1S/C22H37ClN2O3S/c1-5-22(3,4)29(26,27)25-19-12-10-17(11-13-19)16-24-15-14-18-8-7-9-20(21(18)23)28-6-2/h7-9,17,19,24-25H,5-6,10-16H2,1-4H3. The van der Waals surface area contributed by atoms with Gasteiger partial charge in [0.15, 0.2) is 0 Å². The average molecular weight is 445 g/mol. The zero-order chi connectivity index (χ0) is 21.5. The first-order valence-electron chi connectivity index (χ1n) is 10.8. The summed E-state index contributed by atoms with van der Waals surface area (Å²) in [6.45, 7) is 9.89. The molecule has 0 saturated heterocycles. The molecule has 0 spiro atoms. The molecule has 1 saturated carbocycles. The molecule has 7 heteroatoms. The van der Waals surface area contributed by atoms with E-state index in [1.165, 1.54) is 0 Å². The van der Waals surface area contributed by atoms with E-state index < -0.39 is 14.8 Å². The predicted molar refractivity (Wildman–Crippen MR) is 121 cm³/mol. The zero-order valence-corrected chi connectivity index (χ0v) is 19.8. The highest BCUT2D eigenvalue weighted by molar-refractivity contribution is 7.90. The smallest absolute Gasteiger partial charge is 0.217 e. The Morgan fingerprint density at radius 1 is 1.17 bits per heavy atom. The highest BCUT2D eigenvalue weighted by Gasteiger charge is 2.35. The second-order valence-corrected chi connectivity index (χ2v) is 11.3. The van der Waals surface area contributed by atoms with Gasteiger partial charge in [0.1, 0.15) is 5.75 Å². The van der Waals surface area contributed by atoms with Crippen molar-refractivity contribution in [2.45, 2.75) is 77.0 Å². The molecular formula is C22H37ClN2O3S. The summed E-state index contributed by atoms with van der Waals surface area (Å²) in [6.07, 6.45) is 5.39. The van der Waals surface area contributed by atoms with E-state index in [1.807, 2.05) is 32.0 Å². The molecule has 29 heavy (non-hydrogen) atoms. The van der Waals surface area contributed by atoms with E-state index in [0.717, 1.165) is 56.5 Å². The van der Waals surface area contributed by atoms with E-state index in [9.17, 15) is 8.42 Å². The summed E-state index contributed by atoms with van der Waals surface area (Å²) < 4.78 is 32.8. The number of halogens is 1. The van der Waals surface area contributed by atoms with Gasteiger partial charge >= 0.3 is 0 Å². The molecule has 0 radical (unpaired) electrons. The van der Waals surface area contributed by atoms with Crippen molar-refractivity contribution in [1.82, 2.24) is 10.0 Å². The van der Waals surface area contributed by atoms with Gasteiger partial charge in [0.2, 0.25) is 10.0 Å². The quantitative estimate of drug-likeness (QED) is 0.492. The SMILES string of the molecule is CCOc1cccc(CCNCC2CCC(NS(=O)(=O)C(C)(C)CC)CC2)c1Cl. The molecule has 1 aromatic carbocycles. The summed E-state index contributed by atoms with van der Waals surface area (Å²) in [5.74, 6) is 1.35. The lowest BCUT2D eigenvalue weighted by Gasteiger charge is -2.32.